The highest BCUT2D eigenvalue weighted by atomic mass is 28.5. The lowest BCUT2D eigenvalue weighted by molar-refractivity contribution is 0.265. The molecule has 0 spiro atoms. The average molecular weight is 470 g/mol. The van der Waals surface area contributed by atoms with Gasteiger partial charge in [-0.2, -0.15) is 0 Å². The molecule has 0 N–H and O–H groups in total. The van der Waals surface area contributed by atoms with Gasteiger partial charge in [0.05, 0.1) is 6.61 Å². The van der Waals surface area contributed by atoms with Crippen LogP contribution in [0.5, 0.6) is 0 Å². The lowest BCUT2D eigenvalue weighted by Gasteiger charge is -2.43. The summed E-state index contributed by atoms with van der Waals surface area (Å²) in [7, 11) is -10.7. The van der Waals surface area contributed by atoms with Crippen LogP contribution >= 0.6 is 0 Å². The van der Waals surface area contributed by atoms with E-state index in [0.29, 0.717) is 12.1 Å². The predicted octanol–water partition coefficient (Wildman–Crippen LogP) is 5.06. The molecule has 0 aliphatic heterocycles. The number of hydrogen-bond donors (Lipinski definition) is 0. The zero-order chi connectivity index (χ0) is 21.7. The second-order valence-electron chi connectivity index (χ2n) is 9.95. The maximum Gasteiger partial charge on any atom is 0.417 e. The number of carbonyl (C=O) groups excluding carboxylic acids is 1. The van der Waals surface area contributed by atoms with E-state index in [9.17, 15) is 4.79 Å². The van der Waals surface area contributed by atoms with E-state index in [2.05, 4.69) is 78.9 Å². The third-order valence-electron chi connectivity index (χ3n) is 3.94. The first-order valence-corrected chi connectivity index (χ1v) is 24.4. The van der Waals surface area contributed by atoms with Crippen LogP contribution in [0.2, 0.25) is 77.6 Å². The summed E-state index contributed by atoms with van der Waals surface area (Å²) in [6.45, 7) is 27.5. The van der Waals surface area contributed by atoms with Crippen molar-refractivity contribution in [2.75, 3.05) is 6.61 Å². The highest BCUT2D eigenvalue weighted by molar-refractivity contribution is 6.90. The Kier molecular flexibility index (Phi) is 10.1. The SMILES string of the molecule is CC(CCO[C]=O)[Si](C)(C)O[Si](C)(C)O[Si](C)(C)O[Si](C)(C)O[Si](C)(C)C. The number of rotatable bonds is 13. The van der Waals surface area contributed by atoms with Crippen molar-refractivity contribution < 1.29 is 26.0 Å². The van der Waals surface area contributed by atoms with Crippen LogP contribution in [-0.2, 0) is 26.0 Å². The van der Waals surface area contributed by atoms with Crippen molar-refractivity contribution in [3.05, 3.63) is 0 Å². The van der Waals surface area contributed by atoms with Gasteiger partial charge in [-0.15, -0.1) is 0 Å². The Morgan fingerprint density at radius 1 is 0.704 bits per heavy atom. The highest BCUT2D eigenvalue weighted by Gasteiger charge is 2.46. The minimum Gasteiger partial charge on any atom is -0.457 e. The largest absolute Gasteiger partial charge is 0.457 e. The summed E-state index contributed by atoms with van der Waals surface area (Å²) in [5.41, 5.74) is 0.341. The molecule has 1 radical (unpaired) electrons. The molecular formula is C16H41O6Si5. The van der Waals surface area contributed by atoms with Gasteiger partial charge in [0.2, 0.25) is 0 Å². The Hall–Kier alpha value is 0.394. The van der Waals surface area contributed by atoms with Gasteiger partial charge >= 0.3 is 32.2 Å². The second-order valence-corrected chi connectivity index (χ2v) is 30.0. The summed E-state index contributed by atoms with van der Waals surface area (Å²) in [6.07, 6.45) is 0.778. The zero-order valence-electron chi connectivity index (χ0n) is 19.4. The van der Waals surface area contributed by atoms with Gasteiger partial charge in [-0.25, -0.2) is 4.79 Å². The Bertz CT molecular complexity index is 476. The molecule has 0 bridgehead atoms. The van der Waals surface area contributed by atoms with Crippen molar-refractivity contribution in [1.29, 1.82) is 0 Å². The fourth-order valence-corrected chi connectivity index (χ4v) is 27.0. The molecule has 11 heteroatoms. The molecule has 0 rings (SSSR count). The van der Waals surface area contributed by atoms with Crippen LogP contribution in [0.15, 0.2) is 0 Å². The van der Waals surface area contributed by atoms with Crippen LogP contribution in [0.4, 0.5) is 0 Å². The smallest absolute Gasteiger partial charge is 0.417 e. The van der Waals surface area contributed by atoms with Crippen molar-refractivity contribution in [3.8, 4) is 0 Å². The minimum absolute atomic E-state index is 0.341. The highest BCUT2D eigenvalue weighted by Crippen LogP contribution is 2.31. The third-order valence-corrected chi connectivity index (χ3v) is 23.0. The van der Waals surface area contributed by atoms with Gasteiger partial charge < -0.3 is 21.2 Å². The summed E-state index contributed by atoms with van der Waals surface area (Å²) in [5.74, 6) is 0. The molecule has 27 heavy (non-hydrogen) atoms. The maximum absolute atomic E-state index is 10.2. The van der Waals surface area contributed by atoms with Crippen LogP contribution in [0, 0.1) is 0 Å². The molecule has 0 saturated heterocycles. The summed E-state index contributed by atoms with van der Waals surface area (Å²) < 4.78 is 30.7. The summed E-state index contributed by atoms with van der Waals surface area (Å²) >= 11 is 0. The number of ether oxygens (including phenoxy) is 1. The standard InChI is InChI=1S/C16H41O6Si5/c1-16(13-14-18-15-17)24(5,6)20-26(9,10)22-27(11,12)21-25(7,8)19-23(2,3)4/h16H,13-14H2,1-12H3. The molecule has 0 aliphatic carbocycles. The molecule has 0 saturated carbocycles. The molecule has 1 unspecified atom stereocenters. The van der Waals surface area contributed by atoms with Crippen molar-refractivity contribution in [3.63, 3.8) is 0 Å². The van der Waals surface area contributed by atoms with Crippen molar-refractivity contribution in [1.82, 2.24) is 0 Å². The molecule has 0 aliphatic rings. The van der Waals surface area contributed by atoms with Crippen LogP contribution in [0.1, 0.15) is 13.3 Å². The topological polar surface area (TPSA) is 63.2 Å². The molecule has 1 atom stereocenters. The van der Waals surface area contributed by atoms with Crippen molar-refractivity contribution in [2.45, 2.75) is 90.9 Å². The summed E-state index contributed by atoms with van der Waals surface area (Å²) in [5, 5.41) is 0. The third kappa shape index (κ3) is 12.5. The Morgan fingerprint density at radius 2 is 1.11 bits per heavy atom. The average Bonchev–Trinajstić information content (AvgIpc) is 2.30. The molecule has 0 aromatic carbocycles. The van der Waals surface area contributed by atoms with Gasteiger partial charge in [-0.05, 0) is 84.0 Å². The summed E-state index contributed by atoms with van der Waals surface area (Å²) in [6, 6.07) is 0. The van der Waals surface area contributed by atoms with Gasteiger partial charge in [0.25, 0.3) is 0 Å². The number of hydrogen-bond acceptors (Lipinski definition) is 6. The van der Waals surface area contributed by atoms with E-state index in [1.54, 1.807) is 0 Å². The molecule has 6 nitrogen and oxygen atoms in total. The van der Waals surface area contributed by atoms with Gasteiger partial charge in [-0.3, -0.25) is 0 Å². The molecule has 0 fully saturated rings. The first-order valence-electron chi connectivity index (χ1n) is 9.60. The Labute approximate surface area is 172 Å². The molecule has 161 valence electrons. The van der Waals surface area contributed by atoms with Gasteiger partial charge in [0.1, 0.15) is 0 Å². The van der Waals surface area contributed by atoms with E-state index in [0.717, 1.165) is 6.42 Å². The van der Waals surface area contributed by atoms with Crippen LogP contribution in [0.25, 0.3) is 0 Å². The second kappa shape index (κ2) is 9.93. The fourth-order valence-electron chi connectivity index (χ4n) is 3.34. The van der Waals surface area contributed by atoms with Gasteiger partial charge in [0, 0.05) is 0 Å². The van der Waals surface area contributed by atoms with Crippen LogP contribution in [0.3, 0.4) is 0 Å². The molecule has 0 heterocycles. The van der Waals surface area contributed by atoms with Gasteiger partial charge in [0.15, 0.2) is 16.6 Å². The van der Waals surface area contributed by atoms with E-state index < -0.39 is 42.3 Å². The zero-order valence-corrected chi connectivity index (χ0v) is 24.4. The quantitative estimate of drug-likeness (QED) is 0.277. The molecule has 0 amide bonds. The molecule has 0 aromatic rings. The van der Waals surface area contributed by atoms with E-state index in [-0.39, 0.29) is 0 Å². The maximum atomic E-state index is 10.2. The summed E-state index contributed by atoms with van der Waals surface area (Å²) in [4.78, 5) is 10.2. The molecule has 0 aromatic heterocycles. The Balaban J connectivity index is 4.97. The van der Waals surface area contributed by atoms with Crippen LogP contribution < -0.4 is 0 Å². The normalized spacial score (nSPS) is 15.6. The van der Waals surface area contributed by atoms with E-state index in [1.807, 2.05) is 0 Å². The predicted molar refractivity (Wildman–Crippen MR) is 123 cm³/mol. The monoisotopic (exact) mass is 469 g/mol. The van der Waals surface area contributed by atoms with Crippen LogP contribution in [-0.4, -0.2) is 55.4 Å². The van der Waals surface area contributed by atoms with Gasteiger partial charge in [-0.1, -0.05) is 6.92 Å². The lowest BCUT2D eigenvalue weighted by Crippen LogP contribution is -2.58. The minimum atomic E-state index is -2.40. The fraction of sp³-hybridized carbons (Fsp3) is 0.938. The Morgan fingerprint density at radius 3 is 1.52 bits per heavy atom. The van der Waals surface area contributed by atoms with Crippen molar-refractivity contribution in [2.24, 2.45) is 0 Å². The first-order chi connectivity index (χ1) is 11.8. The van der Waals surface area contributed by atoms with Crippen molar-refractivity contribution >= 4 is 48.8 Å². The molecular weight excluding hydrogens is 429 g/mol. The van der Waals surface area contributed by atoms with E-state index in [1.165, 1.54) is 6.47 Å². The van der Waals surface area contributed by atoms with E-state index in [4.69, 9.17) is 21.2 Å². The first kappa shape index (κ1) is 27.4. The van der Waals surface area contributed by atoms with E-state index >= 15 is 0 Å². The lowest BCUT2D eigenvalue weighted by atomic mass is 10.3.